The predicted molar refractivity (Wildman–Crippen MR) is 70.0 cm³/mol. The Balaban J connectivity index is 2.40. The van der Waals surface area contributed by atoms with Crippen LogP contribution in [0.2, 0.25) is 0 Å². The molecular weight excluding hydrogens is 302 g/mol. The lowest BCUT2D eigenvalue weighted by Crippen LogP contribution is -2.19. The van der Waals surface area contributed by atoms with Crippen molar-refractivity contribution in [3.63, 3.8) is 0 Å². The second-order valence-corrected chi connectivity index (χ2v) is 4.65. The highest BCUT2D eigenvalue weighted by Gasteiger charge is 2.18. The zero-order chi connectivity index (χ0) is 13.3. The molecule has 2 atom stereocenters. The number of aromatic carboxylic acids is 1. The van der Waals surface area contributed by atoms with E-state index in [9.17, 15) is 15.0 Å². The van der Waals surface area contributed by atoms with Crippen LogP contribution in [0, 0.1) is 0 Å². The van der Waals surface area contributed by atoms with Gasteiger partial charge in [0, 0.05) is 16.2 Å². The van der Waals surface area contributed by atoms with Gasteiger partial charge < -0.3 is 20.3 Å². The highest BCUT2D eigenvalue weighted by atomic mass is 79.9. The van der Waals surface area contributed by atoms with Crippen LogP contribution in [0.1, 0.15) is 22.2 Å². The number of benzene rings is 1. The number of halogens is 1. The third-order valence-corrected chi connectivity index (χ3v) is 3.40. The van der Waals surface area contributed by atoms with Crippen LogP contribution in [-0.4, -0.2) is 37.7 Å². The molecule has 4 N–H and O–H groups in total. The summed E-state index contributed by atoms with van der Waals surface area (Å²) in [5.41, 5.74) is 1.25. The van der Waals surface area contributed by atoms with Crippen LogP contribution in [0.5, 0.6) is 0 Å². The van der Waals surface area contributed by atoms with Crippen molar-refractivity contribution in [3.05, 3.63) is 35.5 Å². The minimum atomic E-state index is -1.03. The SMILES string of the molecule is O=C(O)c1cc2ccc(C(O)C(O)CBr)cc2[nH]1. The zero-order valence-corrected chi connectivity index (χ0v) is 10.9. The molecule has 0 saturated carbocycles. The molecular formula is C12H12BrNO4. The van der Waals surface area contributed by atoms with E-state index in [1.165, 1.54) is 6.07 Å². The van der Waals surface area contributed by atoms with E-state index in [4.69, 9.17) is 5.11 Å². The molecule has 96 valence electrons. The Morgan fingerprint density at radius 3 is 2.67 bits per heavy atom. The van der Waals surface area contributed by atoms with Crippen LogP contribution in [0.25, 0.3) is 10.9 Å². The number of fused-ring (bicyclic) bond motifs is 1. The number of aromatic amines is 1. The van der Waals surface area contributed by atoms with Gasteiger partial charge in [0.15, 0.2) is 0 Å². The second-order valence-electron chi connectivity index (χ2n) is 4.00. The van der Waals surface area contributed by atoms with Gasteiger partial charge in [-0.05, 0) is 17.7 Å². The maximum Gasteiger partial charge on any atom is 0.352 e. The number of carbonyl (C=O) groups is 1. The highest BCUT2D eigenvalue weighted by Crippen LogP contribution is 2.23. The largest absolute Gasteiger partial charge is 0.477 e. The maximum absolute atomic E-state index is 10.8. The number of carboxylic acids is 1. The van der Waals surface area contributed by atoms with Crippen LogP contribution in [0.4, 0.5) is 0 Å². The fourth-order valence-electron chi connectivity index (χ4n) is 1.75. The van der Waals surface area contributed by atoms with Gasteiger partial charge in [0.05, 0.1) is 6.10 Å². The van der Waals surface area contributed by atoms with Crippen LogP contribution in [-0.2, 0) is 0 Å². The lowest BCUT2D eigenvalue weighted by Gasteiger charge is -2.15. The molecule has 1 aromatic carbocycles. The number of aromatic nitrogens is 1. The number of aliphatic hydroxyl groups is 2. The number of alkyl halides is 1. The van der Waals surface area contributed by atoms with Gasteiger partial charge in [-0.25, -0.2) is 4.79 Å². The van der Waals surface area contributed by atoms with Crippen molar-refractivity contribution in [3.8, 4) is 0 Å². The van der Waals surface area contributed by atoms with Crippen LogP contribution in [0.15, 0.2) is 24.3 Å². The fourth-order valence-corrected chi connectivity index (χ4v) is 2.10. The summed E-state index contributed by atoms with van der Waals surface area (Å²) in [7, 11) is 0. The first kappa shape index (κ1) is 13.1. The van der Waals surface area contributed by atoms with Gasteiger partial charge in [-0.2, -0.15) is 0 Å². The number of aliphatic hydroxyl groups excluding tert-OH is 2. The second kappa shape index (κ2) is 5.09. The Labute approximate surface area is 111 Å². The number of rotatable bonds is 4. The molecule has 6 heteroatoms. The van der Waals surface area contributed by atoms with E-state index in [0.717, 1.165) is 5.39 Å². The number of hydrogen-bond acceptors (Lipinski definition) is 3. The molecule has 1 heterocycles. The molecule has 0 aliphatic carbocycles. The van der Waals surface area contributed by atoms with Gasteiger partial charge in [0.2, 0.25) is 0 Å². The standard InChI is InChI=1S/C12H12BrNO4/c13-5-10(15)11(16)7-2-1-6-3-9(12(17)18)14-8(6)4-7/h1-4,10-11,14-16H,5H2,(H,17,18). The van der Waals surface area contributed by atoms with Crippen LogP contribution < -0.4 is 0 Å². The topological polar surface area (TPSA) is 93.6 Å². The van der Waals surface area contributed by atoms with Gasteiger partial charge in [-0.15, -0.1) is 0 Å². The van der Waals surface area contributed by atoms with E-state index >= 15 is 0 Å². The fraction of sp³-hybridized carbons (Fsp3) is 0.250. The van der Waals surface area contributed by atoms with E-state index in [0.29, 0.717) is 11.1 Å². The number of H-pyrrole nitrogens is 1. The quantitative estimate of drug-likeness (QED) is 0.646. The molecule has 0 spiro atoms. The van der Waals surface area contributed by atoms with Crippen molar-refractivity contribution in [2.24, 2.45) is 0 Å². The molecule has 0 fully saturated rings. The first-order chi connectivity index (χ1) is 8.52. The highest BCUT2D eigenvalue weighted by molar-refractivity contribution is 9.09. The number of hydrogen-bond donors (Lipinski definition) is 4. The summed E-state index contributed by atoms with van der Waals surface area (Å²) in [6, 6.07) is 6.53. The summed E-state index contributed by atoms with van der Waals surface area (Å²) < 4.78 is 0. The summed E-state index contributed by atoms with van der Waals surface area (Å²) in [6.45, 7) is 0. The van der Waals surface area contributed by atoms with Crippen molar-refractivity contribution < 1.29 is 20.1 Å². The average Bonchev–Trinajstić information content (AvgIpc) is 2.79. The molecule has 0 bridgehead atoms. The Morgan fingerprint density at radius 2 is 2.06 bits per heavy atom. The number of carboxylic acid groups (broad SMARTS) is 1. The lowest BCUT2D eigenvalue weighted by molar-refractivity contribution is 0.0343. The van der Waals surface area contributed by atoms with Crippen LogP contribution in [0.3, 0.4) is 0 Å². The predicted octanol–water partition coefficient (Wildman–Crippen LogP) is 1.66. The normalized spacial score (nSPS) is 14.6. The maximum atomic E-state index is 10.8. The molecule has 5 nitrogen and oxygen atoms in total. The van der Waals surface area contributed by atoms with Gasteiger partial charge in [-0.1, -0.05) is 28.1 Å². The molecule has 18 heavy (non-hydrogen) atoms. The Morgan fingerprint density at radius 1 is 1.33 bits per heavy atom. The van der Waals surface area contributed by atoms with Gasteiger partial charge in [-0.3, -0.25) is 0 Å². The summed E-state index contributed by atoms with van der Waals surface area (Å²) in [4.78, 5) is 13.6. The van der Waals surface area contributed by atoms with E-state index in [2.05, 4.69) is 20.9 Å². The summed E-state index contributed by atoms with van der Waals surface area (Å²) in [5.74, 6) is -1.03. The van der Waals surface area contributed by atoms with Gasteiger partial charge >= 0.3 is 5.97 Å². The lowest BCUT2D eigenvalue weighted by atomic mass is 10.0. The average molecular weight is 314 g/mol. The molecule has 0 aliphatic heterocycles. The van der Waals surface area contributed by atoms with Gasteiger partial charge in [0.25, 0.3) is 0 Å². The van der Waals surface area contributed by atoms with E-state index in [1.807, 2.05) is 0 Å². The molecule has 0 aliphatic rings. The van der Waals surface area contributed by atoms with E-state index < -0.39 is 18.2 Å². The molecule has 0 radical (unpaired) electrons. The zero-order valence-electron chi connectivity index (χ0n) is 9.30. The monoisotopic (exact) mass is 313 g/mol. The first-order valence-electron chi connectivity index (χ1n) is 5.31. The minimum absolute atomic E-state index is 0.0951. The Hall–Kier alpha value is -1.37. The Bertz CT molecular complexity index is 580. The first-order valence-corrected chi connectivity index (χ1v) is 6.43. The molecule has 2 unspecified atom stereocenters. The molecule has 0 amide bonds. The van der Waals surface area contributed by atoms with Crippen LogP contribution >= 0.6 is 15.9 Å². The molecule has 0 saturated heterocycles. The molecule has 2 aromatic rings. The minimum Gasteiger partial charge on any atom is -0.477 e. The van der Waals surface area contributed by atoms with E-state index in [1.54, 1.807) is 18.2 Å². The summed E-state index contributed by atoms with van der Waals surface area (Å²) in [6.07, 6.45) is -1.92. The molecule has 1 aromatic heterocycles. The number of nitrogens with one attached hydrogen (secondary N) is 1. The van der Waals surface area contributed by atoms with Crippen molar-refractivity contribution in [2.45, 2.75) is 12.2 Å². The van der Waals surface area contributed by atoms with Crippen molar-refractivity contribution in [1.82, 2.24) is 4.98 Å². The van der Waals surface area contributed by atoms with Crippen molar-refractivity contribution in [2.75, 3.05) is 5.33 Å². The summed E-state index contributed by atoms with van der Waals surface area (Å²) >= 11 is 3.09. The van der Waals surface area contributed by atoms with E-state index in [-0.39, 0.29) is 11.0 Å². The third-order valence-electron chi connectivity index (χ3n) is 2.74. The third kappa shape index (κ3) is 2.40. The Kier molecular flexibility index (Phi) is 3.70. The van der Waals surface area contributed by atoms with Gasteiger partial charge in [0.1, 0.15) is 11.8 Å². The van der Waals surface area contributed by atoms with Crippen molar-refractivity contribution in [1.29, 1.82) is 0 Å². The summed E-state index contributed by atoms with van der Waals surface area (Å²) in [5, 5.41) is 29.3. The molecule has 2 rings (SSSR count). The smallest absolute Gasteiger partial charge is 0.352 e. The van der Waals surface area contributed by atoms with Crippen molar-refractivity contribution >= 4 is 32.8 Å².